The van der Waals surface area contributed by atoms with E-state index < -0.39 is 0 Å². The van der Waals surface area contributed by atoms with Crippen molar-refractivity contribution >= 4 is 11.0 Å². The van der Waals surface area contributed by atoms with Gasteiger partial charge < -0.3 is 4.98 Å². The fraction of sp³-hybridized carbons (Fsp3) is 0.375. The van der Waals surface area contributed by atoms with E-state index in [1.54, 1.807) is 12.7 Å². The van der Waals surface area contributed by atoms with Crippen LogP contribution < -0.4 is 5.56 Å². The zero-order valence-electron chi connectivity index (χ0n) is 12.9. The van der Waals surface area contributed by atoms with Crippen molar-refractivity contribution in [3.05, 3.63) is 52.5 Å². The Balaban J connectivity index is 2.14. The van der Waals surface area contributed by atoms with Gasteiger partial charge in [-0.2, -0.15) is 5.10 Å². The first-order chi connectivity index (χ1) is 10.6. The van der Waals surface area contributed by atoms with E-state index in [9.17, 15) is 4.79 Å². The molecule has 3 aromatic rings. The average molecular weight is 297 g/mol. The minimum Gasteiger partial charge on any atom is -0.319 e. The Labute approximate surface area is 128 Å². The van der Waals surface area contributed by atoms with Crippen molar-refractivity contribution in [3.8, 4) is 0 Å². The highest BCUT2D eigenvalue weighted by atomic mass is 16.1. The third-order valence-electron chi connectivity index (χ3n) is 3.82. The summed E-state index contributed by atoms with van der Waals surface area (Å²) >= 11 is 0. The number of hydrogen-bond acceptors (Lipinski definition) is 4. The zero-order valence-corrected chi connectivity index (χ0v) is 12.9. The molecule has 0 saturated carbocycles. The molecule has 0 amide bonds. The molecule has 6 nitrogen and oxygen atoms in total. The molecule has 0 aliphatic rings. The van der Waals surface area contributed by atoms with Gasteiger partial charge in [-0.15, -0.1) is 0 Å². The predicted octanol–water partition coefficient (Wildman–Crippen LogP) is 2.32. The maximum atomic E-state index is 11.8. The zero-order chi connectivity index (χ0) is 15.7. The summed E-state index contributed by atoms with van der Waals surface area (Å²) in [7, 11) is 0. The van der Waals surface area contributed by atoms with Gasteiger partial charge in [0.05, 0.1) is 17.1 Å². The van der Waals surface area contributed by atoms with Crippen LogP contribution in [0.1, 0.15) is 38.1 Å². The Kier molecular flexibility index (Phi) is 3.75. The first-order valence-electron chi connectivity index (χ1n) is 7.47. The average Bonchev–Trinajstić information content (AvgIpc) is 3.00. The highest BCUT2D eigenvalue weighted by molar-refractivity contribution is 5.75. The summed E-state index contributed by atoms with van der Waals surface area (Å²) in [5.41, 5.74) is 3.12. The first kappa shape index (κ1) is 14.4. The Morgan fingerprint density at radius 1 is 1.32 bits per heavy atom. The summed E-state index contributed by atoms with van der Waals surface area (Å²) in [5, 5.41) is 4.27. The number of fused-ring (bicyclic) bond motifs is 1. The van der Waals surface area contributed by atoms with Crippen LogP contribution in [0.25, 0.3) is 11.0 Å². The van der Waals surface area contributed by atoms with Crippen LogP contribution in [0.3, 0.4) is 0 Å². The number of aromatic nitrogens is 5. The Morgan fingerprint density at radius 3 is 2.77 bits per heavy atom. The highest BCUT2D eigenvalue weighted by Gasteiger charge is 2.19. The molecule has 114 valence electrons. The molecule has 0 fully saturated rings. The molecule has 0 aliphatic carbocycles. The molecule has 6 heteroatoms. The number of nitrogens with zero attached hydrogens (tertiary/aromatic N) is 4. The fourth-order valence-corrected chi connectivity index (χ4v) is 2.77. The van der Waals surface area contributed by atoms with Gasteiger partial charge in [0.25, 0.3) is 5.56 Å². The topological polar surface area (TPSA) is 76.5 Å². The maximum absolute atomic E-state index is 11.8. The summed E-state index contributed by atoms with van der Waals surface area (Å²) in [6, 6.07) is 6.03. The van der Waals surface area contributed by atoms with Gasteiger partial charge >= 0.3 is 0 Å². The molecule has 0 saturated heterocycles. The van der Waals surface area contributed by atoms with Gasteiger partial charge in [0, 0.05) is 0 Å². The molecular weight excluding hydrogens is 278 g/mol. The van der Waals surface area contributed by atoms with E-state index in [1.165, 1.54) is 0 Å². The van der Waals surface area contributed by atoms with Crippen molar-refractivity contribution in [1.82, 2.24) is 24.7 Å². The van der Waals surface area contributed by atoms with Crippen LogP contribution in [0, 0.1) is 5.92 Å². The van der Waals surface area contributed by atoms with Crippen molar-refractivity contribution in [2.75, 3.05) is 0 Å². The number of aromatic amines is 1. The Hall–Kier alpha value is -2.50. The number of aryl methyl sites for hydroxylation is 1. The minimum atomic E-state index is -0.112. The molecule has 0 bridgehead atoms. The van der Waals surface area contributed by atoms with Crippen molar-refractivity contribution in [3.63, 3.8) is 0 Å². The first-order valence-corrected chi connectivity index (χ1v) is 7.47. The van der Waals surface area contributed by atoms with Gasteiger partial charge in [-0.1, -0.05) is 26.8 Å². The van der Waals surface area contributed by atoms with E-state index in [0.717, 1.165) is 16.6 Å². The van der Waals surface area contributed by atoms with E-state index in [0.29, 0.717) is 18.0 Å². The van der Waals surface area contributed by atoms with Crippen molar-refractivity contribution in [2.45, 2.75) is 33.2 Å². The van der Waals surface area contributed by atoms with Gasteiger partial charge in [0.2, 0.25) is 0 Å². The van der Waals surface area contributed by atoms with Gasteiger partial charge in [0.1, 0.15) is 18.3 Å². The second-order valence-electron chi connectivity index (χ2n) is 5.71. The lowest BCUT2D eigenvalue weighted by Gasteiger charge is -2.21. The monoisotopic (exact) mass is 297 g/mol. The maximum Gasteiger partial charge on any atom is 0.270 e. The van der Waals surface area contributed by atoms with Crippen molar-refractivity contribution in [1.29, 1.82) is 0 Å². The standard InChI is InChI=1S/C16H19N5O/c1-4-12-16(22)20-13-6-5-11(7-14(13)19-12)15(10(2)3)21-9-17-8-18-21/h5-10,15H,4H2,1-3H3,(H,20,22). The van der Waals surface area contributed by atoms with Crippen LogP contribution in [0.4, 0.5) is 0 Å². The lowest BCUT2D eigenvalue weighted by atomic mass is 9.96. The minimum absolute atomic E-state index is 0.0886. The van der Waals surface area contributed by atoms with E-state index in [2.05, 4.69) is 33.9 Å². The van der Waals surface area contributed by atoms with Crippen LogP contribution in [-0.4, -0.2) is 24.7 Å². The summed E-state index contributed by atoms with van der Waals surface area (Å²) in [6.07, 6.45) is 3.89. The smallest absolute Gasteiger partial charge is 0.270 e. The second-order valence-corrected chi connectivity index (χ2v) is 5.71. The summed E-state index contributed by atoms with van der Waals surface area (Å²) in [5.74, 6) is 0.354. The van der Waals surface area contributed by atoms with Gasteiger partial charge in [0.15, 0.2) is 0 Å². The third kappa shape index (κ3) is 2.52. The fourth-order valence-electron chi connectivity index (χ4n) is 2.77. The predicted molar refractivity (Wildman–Crippen MR) is 84.7 cm³/mol. The molecule has 1 atom stereocenters. The number of hydrogen-bond donors (Lipinski definition) is 1. The second kappa shape index (κ2) is 5.71. The normalized spacial score (nSPS) is 12.9. The molecule has 2 aromatic heterocycles. The van der Waals surface area contributed by atoms with Crippen LogP contribution >= 0.6 is 0 Å². The number of rotatable bonds is 4. The number of benzene rings is 1. The molecule has 1 unspecified atom stereocenters. The SMILES string of the molecule is CCc1nc2cc(C(C(C)C)n3cncn3)ccc2[nH]c1=O. The van der Waals surface area contributed by atoms with Crippen LogP contribution in [0.15, 0.2) is 35.6 Å². The van der Waals surface area contributed by atoms with Crippen LogP contribution in [-0.2, 0) is 6.42 Å². The van der Waals surface area contributed by atoms with E-state index in [4.69, 9.17) is 0 Å². The van der Waals surface area contributed by atoms with E-state index in [-0.39, 0.29) is 11.6 Å². The molecule has 0 spiro atoms. The third-order valence-corrected chi connectivity index (χ3v) is 3.82. The molecule has 1 aromatic carbocycles. The molecule has 0 radical (unpaired) electrons. The largest absolute Gasteiger partial charge is 0.319 e. The molecule has 3 rings (SSSR count). The molecular formula is C16H19N5O. The summed E-state index contributed by atoms with van der Waals surface area (Å²) in [6.45, 7) is 6.22. The summed E-state index contributed by atoms with van der Waals surface area (Å²) < 4.78 is 1.86. The molecule has 22 heavy (non-hydrogen) atoms. The van der Waals surface area contributed by atoms with E-state index in [1.807, 2.05) is 29.8 Å². The Bertz CT molecular complexity index is 835. The summed E-state index contributed by atoms with van der Waals surface area (Å²) in [4.78, 5) is 23.3. The van der Waals surface area contributed by atoms with Crippen molar-refractivity contribution in [2.24, 2.45) is 5.92 Å². The van der Waals surface area contributed by atoms with Crippen LogP contribution in [0.5, 0.6) is 0 Å². The molecule has 2 heterocycles. The Morgan fingerprint density at radius 2 is 2.14 bits per heavy atom. The van der Waals surface area contributed by atoms with Gasteiger partial charge in [-0.3, -0.25) is 4.79 Å². The lowest BCUT2D eigenvalue weighted by Crippen LogP contribution is -2.18. The lowest BCUT2D eigenvalue weighted by molar-refractivity contribution is 0.402. The van der Waals surface area contributed by atoms with Crippen molar-refractivity contribution < 1.29 is 0 Å². The molecule has 0 aliphatic heterocycles. The molecule has 1 N–H and O–H groups in total. The quantitative estimate of drug-likeness (QED) is 0.801. The van der Waals surface area contributed by atoms with Crippen LogP contribution in [0.2, 0.25) is 0 Å². The number of nitrogens with one attached hydrogen (secondary N) is 1. The van der Waals surface area contributed by atoms with Gasteiger partial charge in [-0.05, 0) is 30.0 Å². The van der Waals surface area contributed by atoms with Gasteiger partial charge in [-0.25, -0.2) is 14.6 Å². The number of H-pyrrole nitrogens is 1. The van der Waals surface area contributed by atoms with E-state index >= 15 is 0 Å². The highest BCUT2D eigenvalue weighted by Crippen LogP contribution is 2.27.